The van der Waals surface area contributed by atoms with Crippen molar-refractivity contribution in [2.45, 2.75) is 38.3 Å². The van der Waals surface area contributed by atoms with Crippen molar-refractivity contribution in [1.82, 2.24) is 10.2 Å². The summed E-state index contributed by atoms with van der Waals surface area (Å²) in [5.74, 6) is 0.0349. The monoisotopic (exact) mass is 307 g/mol. The maximum Gasteiger partial charge on any atom is 0.238 e. The second-order valence-corrected chi connectivity index (χ2v) is 6.58. The van der Waals surface area contributed by atoms with Gasteiger partial charge in [0.25, 0.3) is 0 Å². The van der Waals surface area contributed by atoms with Crippen LogP contribution in [-0.4, -0.2) is 42.5 Å². The van der Waals surface area contributed by atoms with Gasteiger partial charge in [0.15, 0.2) is 0 Å². The molecule has 1 aromatic carbocycles. The van der Waals surface area contributed by atoms with Crippen LogP contribution in [0.25, 0.3) is 0 Å². The number of hydrogen-bond acceptors (Lipinski definition) is 3. The SMILES string of the molecule is Cc1ccc(NC(=O)CN2CCC3CCC(C2)N3)cc1Cl. The number of nitrogens with one attached hydrogen (secondary N) is 2. The fraction of sp³-hybridized carbons (Fsp3) is 0.562. The number of fused-ring (bicyclic) bond motifs is 2. The lowest BCUT2D eigenvalue weighted by Gasteiger charge is -2.23. The van der Waals surface area contributed by atoms with Gasteiger partial charge in [0, 0.05) is 35.9 Å². The first kappa shape index (κ1) is 14.8. The first-order chi connectivity index (χ1) is 10.1. The van der Waals surface area contributed by atoms with Gasteiger partial charge < -0.3 is 10.6 Å². The zero-order valence-corrected chi connectivity index (χ0v) is 13.1. The Morgan fingerprint density at radius 2 is 2.19 bits per heavy atom. The van der Waals surface area contributed by atoms with Gasteiger partial charge in [0.05, 0.1) is 6.54 Å². The molecule has 0 aliphatic carbocycles. The largest absolute Gasteiger partial charge is 0.325 e. The van der Waals surface area contributed by atoms with Crippen LogP contribution in [0.5, 0.6) is 0 Å². The number of rotatable bonds is 3. The second-order valence-electron chi connectivity index (χ2n) is 6.17. The minimum Gasteiger partial charge on any atom is -0.325 e. The van der Waals surface area contributed by atoms with E-state index >= 15 is 0 Å². The van der Waals surface area contributed by atoms with Crippen molar-refractivity contribution in [3.05, 3.63) is 28.8 Å². The van der Waals surface area contributed by atoms with E-state index in [-0.39, 0.29) is 5.91 Å². The third-order valence-corrected chi connectivity index (χ3v) is 4.84. The maximum atomic E-state index is 12.2. The zero-order valence-electron chi connectivity index (χ0n) is 12.4. The van der Waals surface area contributed by atoms with Crippen LogP contribution in [0.15, 0.2) is 18.2 Å². The number of halogens is 1. The first-order valence-electron chi connectivity index (χ1n) is 7.64. The quantitative estimate of drug-likeness (QED) is 0.901. The van der Waals surface area contributed by atoms with Gasteiger partial charge in [0.1, 0.15) is 0 Å². The van der Waals surface area contributed by atoms with E-state index in [0.29, 0.717) is 23.7 Å². The molecule has 2 aliphatic rings. The van der Waals surface area contributed by atoms with Crippen LogP contribution < -0.4 is 10.6 Å². The number of carbonyl (C=O) groups is 1. The van der Waals surface area contributed by atoms with Crippen molar-refractivity contribution in [2.24, 2.45) is 0 Å². The van der Waals surface area contributed by atoms with Crippen LogP contribution in [-0.2, 0) is 4.79 Å². The summed E-state index contributed by atoms with van der Waals surface area (Å²) in [5, 5.41) is 7.25. The number of aryl methyl sites for hydroxylation is 1. The van der Waals surface area contributed by atoms with E-state index < -0.39 is 0 Å². The summed E-state index contributed by atoms with van der Waals surface area (Å²) in [6.45, 7) is 4.37. The number of anilines is 1. The summed E-state index contributed by atoms with van der Waals surface area (Å²) >= 11 is 6.08. The van der Waals surface area contributed by atoms with Crippen LogP contribution in [0.1, 0.15) is 24.8 Å². The van der Waals surface area contributed by atoms with Crippen molar-refractivity contribution in [1.29, 1.82) is 0 Å². The number of hydrogen-bond donors (Lipinski definition) is 2. The highest BCUT2D eigenvalue weighted by Gasteiger charge is 2.29. The van der Waals surface area contributed by atoms with Crippen molar-refractivity contribution in [3.63, 3.8) is 0 Å². The molecule has 0 radical (unpaired) electrons. The molecule has 5 heteroatoms. The topological polar surface area (TPSA) is 44.4 Å². The van der Waals surface area contributed by atoms with Gasteiger partial charge in [-0.3, -0.25) is 9.69 Å². The lowest BCUT2D eigenvalue weighted by molar-refractivity contribution is -0.117. The molecule has 2 unspecified atom stereocenters. The van der Waals surface area contributed by atoms with Gasteiger partial charge in [-0.15, -0.1) is 0 Å². The minimum absolute atomic E-state index is 0.0349. The van der Waals surface area contributed by atoms with Crippen LogP contribution in [0.4, 0.5) is 5.69 Å². The molecule has 2 atom stereocenters. The van der Waals surface area contributed by atoms with Gasteiger partial charge in [-0.2, -0.15) is 0 Å². The fourth-order valence-electron chi connectivity index (χ4n) is 3.23. The predicted molar refractivity (Wildman–Crippen MR) is 85.8 cm³/mol. The Morgan fingerprint density at radius 3 is 3.00 bits per heavy atom. The Labute approximate surface area is 130 Å². The van der Waals surface area contributed by atoms with Crippen molar-refractivity contribution < 1.29 is 4.79 Å². The van der Waals surface area contributed by atoms with Gasteiger partial charge in [-0.1, -0.05) is 17.7 Å². The second kappa shape index (κ2) is 6.34. The predicted octanol–water partition coefficient (Wildman–Crippen LogP) is 2.41. The van der Waals surface area contributed by atoms with E-state index in [9.17, 15) is 4.79 Å². The molecule has 3 rings (SSSR count). The average molecular weight is 308 g/mol. The molecule has 4 nitrogen and oxygen atoms in total. The van der Waals surface area contributed by atoms with Crippen LogP contribution in [0, 0.1) is 6.92 Å². The summed E-state index contributed by atoms with van der Waals surface area (Å²) in [6, 6.07) is 6.83. The zero-order chi connectivity index (χ0) is 14.8. The number of carbonyl (C=O) groups excluding carboxylic acids is 1. The Morgan fingerprint density at radius 1 is 1.38 bits per heavy atom. The van der Waals surface area contributed by atoms with Gasteiger partial charge >= 0.3 is 0 Å². The van der Waals surface area contributed by atoms with E-state index in [1.165, 1.54) is 12.8 Å². The summed E-state index contributed by atoms with van der Waals surface area (Å²) in [7, 11) is 0. The van der Waals surface area contributed by atoms with Crippen molar-refractivity contribution in [3.8, 4) is 0 Å². The molecule has 2 aliphatic heterocycles. The molecule has 0 saturated carbocycles. The third-order valence-electron chi connectivity index (χ3n) is 4.43. The number of likely N-dealkylation sites (tertiary alicyclic amines) is 1. The number of nitrogens with zero attached hydrogens (tertiary/aromatic N) is 1. The smallest absolute Gasteiger partial charge is 0.238 e. The standard InChI is InChI=1S/C16H22ClN3O/c1-11-2-3-13(8-15(11)17)19-16(21)10-20-7-6-12-4-5-14(9-20)18-12/h2-3,8,12,14,18H,4-7,9-10H2,1H3,(H,19,21). The third kappa shape index (κ3) is 3.76. The molecule has 2 fully saturated rings. The Kier molecular flexibility index (Phi) is 4.48. The van der Waals surface area contributed by atoms with E-state index in [2.05, 4.69) is 15.5 Å². The normalized spacial score (nSPS) is 25.6. The Hall–Kier alpha value is -1.10. The molecule has 2 saturated heterocycles. The van der Waals surface area contributed by atoms with Crippen LogP contribution in [0.2, 0.25) is 5.02 Å². The average Bonchev–Trinajstić information content (AvgIpc) is 2.77. The van der Waals surface area contributed by atoms with Crippen molar-refractivity contribution >= 4 is 23.2 Å². The van der Waals surface area contributed by atoms with E-state index in [1.807, 2.05) is 19.1 Å². The summed E-state index contributed by atoms with van der Waals surface area (Å²) in [5.41, 5.74) is 1.79. The first-order valence-corrected chi connectivity index (χ1v) is 8.02. The van der Waals surface area contributed by atoms with Gasteiger partial charge in [-0.05, 0) is 43.9 Å². The molecular formula is C16H22ClN3O. The van der Waals surface area contributed by atoms with E-state index in [4.69, 9.17) is 11.6 Å². The maximum absolute atomic E-state index is 12.2. The lowest BCUT2D eigenvalue weighted by Crippen LogP contribution is -2.39. The van der Waals surface area contributed by atoms with Crippen LogP contribution >= 0.6 is 11.6 Å². The number of amides is 1. The van der Waals surface area contributed by atoms with Crippen LogP contribution in [0.3, 0.4) is 0 Å². The minimum atomic E-state index is 0.0349. The van der Waals surface area contributed by atoms with Crippen molar-refractivity contribution in [2.75, 3.05) is 25.0 Å². The highest BCUT2D eigenvalue weighted by Crippen LogP contribution is 2.21. The fourth-order valence-corrected chi connectivity index (χ4v) is 3.41. The molecule has 0 aromatic heterocycles. The summed E-state index contributed by atoms with van der Waals surface area (Å²) in [4.78, 5) is 14.4. The Bertz CT molecular complexity index is 534. The molecular weight excluding hydrogens is 286 g/mol. The Balaban J connectivity index is 1.55. The molecule has 2 heterocycles. The van der Waals surface area contributed by atoms with Gasteiger partial charge in [-0.25, -0.2) is 0 Å². The lowest BCUT2D eigenvalue weighted by atomic mass is 10.1. The van der Waals surface area contributed by atoms with Gasteiger partial charge in [0.2, 0.25) is 5.91 Å². The molecule has 114 valence electrons. The highest BCUT2D eigenvalue weighted by atomic mass is 35.5. The highest BCUT2D eigenvalue weighted by molar-refractivity contribution is 6.31. The summed E-state index contributed by atoms with van der Waals surface area (Å²) in [6.07, 6.45) is 3.66. The van der Waals surface area contributed by atoms with E-state index in [1.54, 1.807) is 6.07 Å². The molecule has 2 bridgehead atoms. The molecule has 2 N–H and O–H groups in total. The number of benzene rings is 1. The molecule has 0 spiro atoms. The van der Waals surface area contributed by atoms with E-state index in [0.717, 1.165) is 30.8 Å². The summed E-state index contributed by atoms with van der Waals surface area (Å²) < 4.78 is 0. The molecule has 1 aromatic rings. The molecule has 1 amide bonds. The molecule has 21 heavy (non-hydrogen) atoms.